The van der Waals surface area contributed by atoms with Crippen molar-refractivity contribution in [3.8, 4) is 0 Å². The highest BCUT2D eigenvalue weighted by atomic mass is 32.1. The fourth-order valence-corrected chi connectivity index (χ4v) is 2.60. The predicted octanol–water partition coefficient (Wildman–Crippen LogP) is 1.91. The van der Waals surface area contributed by atoms with Crippen molar-refractivity contribution in [3.05, 3.63) is 10.0 Å². The summed E-state index contributed by atoms with van der Waals surface area (Å²) in [6.45, 7) is 8.74. The van der Waals surface area contributed by atoms with Crippen LogP contribution in [0.25, 0.3) is 0 Å². The van der Waals surface area contributed by atoms with E-state index in [1.165, 1.54) is 11.4 Å². The third-order valence-corrected chi connectivity index (χ3v) is 4.00. The number of hydrogen-bond acceptors (Lipinski definition) is 4. The molecular formula is C10H17N3S. The quantitative estimate of drug-likeness (QED) is 0.771. The van der Waals surface area contributed by atoms with E-state index in [9.17, 15) is 0 Å². The fraction of sp³-hybridized carbons (Fsp3) is 0.800. The molecule has 2 heterocycles. The second-order valence-corrected chi connectivity index (χ2v) is 5.89. The first kappa shape index (κ1) is 10.1. The lowest BCUT2D eigenvalue weighted by molar-refractivity contribution is 0.577. The summed E-state index contributed by atoms with van der Waals surface area (Å²) in [7, 11) is 0. The molecule has 0 aromatic carbocycles. The highest BCUT2D eigenvalue weighted by Gasteiger charge is 2.24. The first-order valence-corrected chi connectivity index (χ1v) is 5.93. The Morgan fingerprint density at radius 2 is 2.14 bits per heavy atom. The largest absolute Gasteiger partial charge is 0.316 e. The predicted molar refractivity (Wildman–Crippen MR) is 58.8 cm³/mol. The maximum Gasteiger partial charge on any atom is 0.122 e. The van der Waals surface area contributed by atoms with Crippen molar-refractivity contribution in [2.24, 2.45) is 0 Å². The maximum absolute atomic E-state index is 4.29. The van der Waals surface area contributed by atoms with E-state index in [1.807, 2.05) is 0 Å². The topological polar surface area (TPSA) is 37.8 Å². The van der Waals surface area contributed by atoms with Gasteiger partial charge in [0.05, 0.1) is 0 Å². The zero-order valence-electron chi connectivity index (χ0n) is 9.00. The van der Waals surface area contributed by atoms with Crippen molar-refractivity contribution >= 4 is 11.3 Å². The van der Waals surface area contributed by atoms with Gasteiger partial charge in [0.25, 0.3) is 0 Å². The van der Waals surface area contributed by atoms with Gasteiger partial charge in [-0.05, 0) is 13.0 Å². The number of hydrogen-bond donors (Lipinski definition) is 1. The summed E-state index contributed by atoms with van der Waals surface area (Å²) in [5.74, 6) is 0.601. The average Bonchev–Trinajstić information content (AvgIpc) is 2.73. The van der Waals surface area contributed by atoms with Gasteiger partial charge < -0.3 is 5.32 Å². The first-order valence-electron chi connectivity index (χ1n) is 5.12. The lowest BCUT2D eigenvalue weighted by atomic mass is 9.98. The van der Waals surface area contributed by atoms with Crippen LogP contribution in [-0.4, -0.2) is 23.3 Å². The second-order valence-electron chi connectivity index (χ2n) is 4.89. The summed E-state index contributed by atoms with van der Waals surface area (Å²) in [6, 6.07) is 0. The third-order valence-electron chi connectivity index (χ3n) is 2.49. The Hall–Kier alpha value is -0.480. The van der Waals surface area contributed by atoms with E-state index in [4.69, 9.17) is 0 Å². The minimum absolute atomic E-state index is 0.141. The lowest BCUT2D eigenvalue weighted by Gasteiger charge is -2.12. The molecule has 78 valence electrons. The van der Waals surface area contributed by atoms with Crippen LogP contribution in [0.1, 0.15) is 43.1 Å². The van der Waals surface area contributed by atoms with Crippen LogP contribution in [0.3, 0.4) is 0 Å². The van der Waals surface area contributed by atoms with Crippen LogP contribution >= 0.6 is 11.3 Å². The number of nitrogens with one attached hydrogen (secondary N) is 1. The zero-order chi connectivity index (χ0) is 10.2. The van der Waals surface area contributed by atoms with Gasteiger partial charge in [-0.2, -0.15) is 0 Å². The van der Waals surface area contributed by atoms with E-state index in [0.717, 1.165) is 18.1 Å². The molecule has 1 aromatic heterocycles. The van der Waals surface area contributed by atoms with Crippen LogP contribution < -0.4 is 5.32 Å². The molecule has 1 N–H and O–H groups in total. The molecule has 1 aliphatic rings. The van der Waals surface area contributed by atoms with Crippen molar-refractivity contribution < 1.29 is 0 Å². The van der Waals surface area contributed by atoms with Crippen LogP contribution in [0.4, 0.5) is 0 Å². The Kier molecular flexibility index (Phi) is 2.58. The summed E-state index contributed by atoms with van der Waals surface area (Å²) in [6.07, 6.45) is 1.21. The van der Waals surface area contributed by atoms with Crippen molar-refractivity contribution in [1.82, 2.24) is 15.5 Å². The molecule has 1 saturated heterocycles. The molecule has 0 bridgehead atoms. The minimum atomic E-state index is 0.141. The molecule has 0 aliphatic carbocycles. The minimum Gasteiger partial charge on any atom is -0.316 e. The lowest BCUT2D eigenvalue weighted by Crippen LogP contribution is -2.10. The molecule has 0 amide bonds. The van der Waals surface area contributed by atoms with Gasteiger partial charge in [-0.15, -0.1) is 21.5 Å². The van der Waals surface area contributed by atoms with Crippen molar-refractivity contribution in [1.29, 1.82) is 0 Å². The van der Waals surface area contributed by atoms with Crippen molar-refractivity contribution in [3.63, 3.8) is 0 Å². The maximum atomic E-state index is 4.29. The van der Waals surface area contributed by atoms with E-state index in [1.54, 1.807) is 11.3 Å². The van der Waals surface area contributed by atoms with Gasteiger partial charge in [0.1, 0.15) is 10.0 Å². The molecule has 1 fully saturated rings. The fourth-order valence-electron chi connectivity index (χ4n) is 1.57. The van der Waals surface area contributed by atoms with Gasteiger partial charge in [0.15, 0.2) is 0 Å². The normalized spacial score (nSPS) is 22.9. The van der Waals surface area contributed by atoms with Gasteiger partial charge in [0, 0.05) is 17.9 Å². The van der Waals surface area contributed by atoms with Crippen LogP contribution in [-0.2, 0) is 5.41 Å². The Labute approximate surface area is 88.9 Å². The Bertz CT molecular complexity index is 307. The molecule has 1 unspecified atom stereocenters. The number of nitrogens with zero attached hydrogens (tertiary/aromatic N) is 2. The van der Waals surface area contributed by atoms with Gasteiger partial charge >= 0.3 is 0 Å². The molecule has 1 aliphatic heterocycles. The molecule has 1 aromatic rings. The monoisotopic (exact) mass is 211 g/mol. The molecule has 1 atom stereocenters. The van der Waals surface area contributed by atoms with E-state index in [-0.39, 0.29) is 5.41 Å². The standard InChI is InChI=1S/C10H17N3S/c1-10(2,3)9-13-12-8(14-9)7-4-5-11-6-7/h7,11H,4-6H2,1-3H3. The van der Waals surface area contributed by atoms with Crippen LogP contribution in [0.5, 0.6) is 0 Å². The van der Waals surface area contributed by atoms with Crippen molar-refractivity contribution in [2.45, 2.75) is 38.5 Å². The zero-order valence-corrected chi connectivity index (χ0v) is 9.82. The average molecular weight is 211 g/mol. The van der Waals surface area contributed by atoms with E-state index >= 15 is 0 Å². The molecule has 2 rings (SSSR count). The number of rotatable bonds is 1. The highest BCUT2D eigenvalue weighted by Crippen LogP contribution is 2.30. The molecule has 4 heteroatoms. The molecule has 0 radical (unpaired) electrons. The Balaban J connectivity index is 2.17. The Morgan fingerprint density at radius 3 is 2.64 bits per heavy atom. The smallest absolute Gasteiger partial charge is 0.122 e. The first-order chi connectivity index (χ1) is 6.57. The second kappa shape index (κ2) is 3.59. The summed E-state index contributed by atoms with van der Waals surface area (Å²) >= 11 is 1.77. The van der Waals surface area contributed by atoms with Crippen molar-refractivity contribution in [2.75, 3.05) is 13.1 Å². The van der Waals surface area contributed by atoms with E-state index in [2.05, 4.69) is 36.3 Å². The van der Waals surface area contributed by atoms with Gasteiger partial charge in [-0.1, -0.05) is 20.8 Å². The summed E-state index contributed by atoms with van der Waals surface area (Å²) < 4.78 is 0. The summed E-state index contributed by atoms with van der Waals surface area (Å²) in [4.78, 5) is 0. The van der Waals surface area contributed by atoms with Crippen LogP contribution in [0, 0.1) is 0 Å². The van der Waals surface area contributed by atoms with Gasteiger partial charge in [0.2, 0.25) is 0 Å². The van der Waals surface area contributed by atoms with Crippen LogP contribution in [0.15, 0.2) is 0 Å². The van der Waals surface area contributed by atoms with Gasteiger partial charge in [-0.3, -0.25) is 0 Å². The molecular weight excluding hydrogens is 194 g/mol. The molecule has 3 nitrogen and oxygen atoms in total. The SMILES string of the molecule is CC(C)(C)c1nnc(C2CCNC2)s1. The summed E-state index contributed by atoms with van der Waals surface area (Å²) in [5.41, 5.74) is 0.141. The molecule has 0 saturated carbocycles. The van der Waals surface area contributed by atoms with E-state index < -0.39 is 0 Å². The third kappa shape index (κ3) is 1.96. The van der Waals surface area contributed by atoms with E-state index in [0.29, 0.717) is 5.92 Å². The Morgan fingerprint density at radius 1 is 1.36 bits per heavy atom. The summed E-state index contributed by atoms with van der Waals surface area (Å²) in [5, 5.41) is 14.3. The number of aromatic nitrogens is 2. The van der Waals surface area contributed by atoms with Gasteiger partial charge in [-0.25, -0.2) is 0 Å². The molecule has 0 spiro atoms. The highest BCUT2D eigenvalue weighted by molar-refractivity contribution is 7.11. The molecule has 14 heavy (non-hydrogen) atoms. The van der Waals surface area contributed by atoms with Crippen LogP contribution in [0.2, 0.25) is 0 Å².